The average Bonchev–Trinajstić information content (AvgIpc) is 2.96. The van der Waals surface area contributed by atoms with Crippen LogP contribution in [0.5, 0.6) is 0 Å². The summed E-state index contributed by atoms with van der Waals surface area (Å²) in [6.45, 7) is 7.40. The second-order valence-corrected chi connectivity index (χ2v) is 6.10. The number of aromatic nitrogens is 5. The lowest BCUT2D eigenvalue weighted by molar-refractivity contribution is 0.388. The van der Waals surface area contributed by atoms with Crippen LogP contribution in [0.25, 0.3) is 0 Å². The molecule has 1 aliphatic rings. The fraction of sp³-hybridized carbons (Fsp3) is 0.625. The van der Waals surface area contributed by atoms with E-state index in [1.807, 2.05) is 13.0 Å². The summed E-state index contributed by atoms with van der Waals surface area (Å²) >= 11 is 0. The zero-order valence-corrected chi connectivity index (χ0v) is 14.3. The van der Waals surface area contributed by atoms with Gasteiger partial charge in [0.1, 0.15) is 11.6 Å². The first-order valence-electron chi connectivity index (χ1n) is 8.67. The maximum absolute atomic E-state index is 11.6. The van der Waals surface area contributed by atoms with Gasteiger partial charge in [0, 0.05) is 38.8 Å². The molecule has 0 atom stereocenters. The van der Waals surface area contributed by atoms with Crippen LogP contribution in [0.2, 0.25) is 0 Å². The summed E-state index contributed by atoms with van der Waals surface area (Å²) < 4.78 is 1.72. The van der Waals surface area contributed by atoms with Crippen LogP contribution in [-0.4, -0.2) is 44.4 Å². The third-order valence-electron chi connectivity index (χ3n) is 4.52. The van der Waals surface area contributed by atoms with Crippen LogP contribution in [0.15, 0.2) is 17.1 Å². The minimum Gasteiger partial charge on any atom is -0.370 e. The van der Waals surface area contributed by atoms with Crippen LogP contribution in [-0.2, 0) is 13.0 Å². The van der Waals surface area contributed by atoms with Crippen molar-refractivity contribution in [2.45, 2.75) is 39.7 Å². The SMILES string of the molecule is CCNc1ccnc(N2CCC(Cc3n[nH]c(=O)n3CC)CC2)n1. The van der Waals surface area contributed by atoms with Gasteiger partial charge in [0.2, 0.25) is 5.95 Å². The van der Waals surface area contributed by atoms with Gasteiger partial charge in [-0.15, -0.1) is 0 Å². The van der Waals surface area contributed by atoms with Crippen LogP contribution in [0.1, 0.15) is 32.5 Å². The van der Waals surface area contributed by atoms with Gasteiger partial charge in [0.25, 0.3) is 0 Å². The lowest BCUT2D eigenvalue weighted by atomic mass is 9.93. The zero-order chi connectivity index (χ0) is 16.9. The summed E-state index contributed by atoms with van der Waals surface area (Å²) in [6.07, 6.45) is 4.76. The Labute approximate surface area is 141 Å². The molecule has 2 aromatic heterocycles. The predicted octanol–water partition coefficient (Wildman–Crippen LogP) is 1.27. The quantitative estimate of drug-likeness (QED) is 0.828. The first-order chi connectivity index (χ1) is 11.7. The average molecular weight is 331 g/mol. The Hall–Kier alpha value is -2.38. The highest BCUT2D eigenvalue weighted by Gasteiger charge is 2.23. The predicted molar refractivity (Wildman–Crippen MR) is 93.4 cm³/mol. The number of nitrogens with zero attached hydrogens (tertiary/aromatic N) is 5. The largest absolute Gasteiger partial charge is 0.370 e. The lowest BCUT2D eigenvalue weighted by Crippen LogP contribution is -2.36. The third kappa shape index (κ3) is 3.58. The molecular formula is C16H25N7O. The molecule has 3 heterocycles. The van der Waals surface area contributed by atoms with Crippen molar-refractivity contribution >= 4 is 11.8 Å². The van der Waals surface area contributed by atoms with E-state index in [9.17, 15) is 4.79 Å². The van der Waals surface area contributed by atoms with Gasteiger partial charge in [-0.25, -0.2) is 14.9 Å². The molecule has 8 nitrogen and oxygen atoms in total. The van der Waals surface area contributed by atoms with E-state index in [-0.39, 0.29) is 5.69 Å². The molecule has 0 saturated carbocycles. The van der Waals surface area contributed by atoms with Crippen molar-refractivity contribution in [3.8, 4) is 0 Å². The molecule has 0 spiro atoms. The molecule has 1 fully saturated rings. The van der Waals surface area contributed by atoms with Gasteiger partial charge >= 0.3 is 5.69 Å². The molecule has 0 aromatic carbocycles. The summed E-state index contributed by atoms with van der Waals surface area (Å²) in [5.74, 6) is 3.07. The van der Waals surface area contributed by atoms with E-state index in [0.717, 1.165) is 56.5 Å². The highest BCUT2D eigenvalue weighted by Crippen LogP contribution is 2.23. The summed E-state index contributed by atoms with van der Waals surface area (Å²) in [7, 11) is 0. The molecule has 8 heteroatoms. The Morgan fingerprint density at radius 2 is 2.12 bits per heavy atom. The Morgan fingerprint density at radius 1 is 1.33 bits per heavy atom. The van der Waals surface area contributed by atoms with Crippen molar-refractivity contribution in [2.75, 3.05) is 29.9 Å². The Morgan fingerprint density at radius 3 is 2.83 bits per heavy atom. The molecule has 0 bridgehead atoms. The number of anilines is 2. The highest BCUT2D eigenvalue weighted by atomic mass is 16.1. The third-order valence-corrected chi connectivity index (χ3v) is 4.52. The second kappa shape index (κ2) is 7.46. The molecule has 0 aliphatic carbocycles. The topological polar surface area (TPSA) is 91.7 Å². The molecular weight excluding hydrogens is 306 g/mol. The van der Waals surface area contributed by atoms with Crippen molar-refractivity contribution in [2.24, 2.45) is 5.92 Å². The molecule has 3 rings (SSSR count). The van der Waals surface area contributed by atoms with E-state index in [0.29, 0.717) is 12.5 Å². The second-order valence-electron chi connectivity index (χ2n) is 6.10. The lowest BCUT2D eigenvalue weighted by Gasteiger charge is -2.31. The van der Waals surface area contributed by atoms with Gasteiger partial charge in [-0.2, -0.15) is 10.1 Å². The molecule has 0 unspecified atom stereocenters. The molecule has 130 valence electrons. The molecule has 2 aromatic rings. The van der Waals surface area contributed by atoms with E-state index < -0.39 is 0 Å². The van der Waals surface area contributed by atoms with Crippen molar-refractivity contribution in [1.82, 2.24) is 24.7 Å². The molecule has 1 saturated heterocycles. The summed E-state index contributed by atoms with van der Waals surface area (Å²) in [5, 5.41) is 9.94. The van der Waals surface area contributed by atoms with Crippen molar-refractivity contribution < 1.29 is 0 Å². The van der Waals surface area contributed by atoms with Crippen molar-refractivity contribution in [1.29, 1.82) is 0 Å². The van der Waals surface area contributed by atoms with Gasteiger partial charge < -0.3 is 10.2 Å². The molecule has 24 heavy (non-hydrogen) atoms. The van der Waals surface area contributed by atoms with E-state index in [1.165, 1.54) is 0 Å². The maximum Gasteiger partial charge on any atom is 0.343 e. The molecule has 0 amide bonds. The van der Waals surface area contributed by atoms with Crippen LogP contribution in [0.3, 0.4) is 0 Å². The number of rotatable bonds is 6. The number of aromatic amines is 1. The van der Waals surface area contributed by atoms with E-state index in [4.69, 9.17) is 0 Å². The number of hydrogen-bond acceptors (Lipinski definition) is 6. The van der Waals surface area contributed by atoms with Gasteiger partial charge in [-0.1, -0.05) is 0 Å². The van der Waals surface area contributed by atoms with Crippen LogP contribution in [0.4, 0.5) is 11.8 Å². The minimum absolute atomic E-state index is 0.112. The number of hydrogen-bond donors (Lipinski definition) is 2. The van der Waals surface area contributed by atoms with Gasteiger partial charge in [0.05, 0.1) is 0 Å². The minimum atomic E-state index is -0.112. The zero-order valence-electron chi connectivity index (χ0n) is 14.3. The maximum atomic E-state index is 11.6. The summed E-state index contributed by atoms with van der Waals surface area (Å²) in [5.41, 5.74) is -0.112. The normalized spacial score (nSPS) is 15.7. The Balaban J connectivity index is 1.59. The highest BCUT2D eigenvalue weighted by molar-refractivity contribution is 5.41. The smallest absolute Gasteiger partial charge is 0.343 e. The molecule has 2 N–H and O–H groups in total. The first-order valence-corrected chi connectivity index (χ1v) is 8.67. The summed E-state index contributed by atoms with van der Waals surface area (Å²) in [4.78, 5) is 22.8. The van der Waals surface area contributed by atoms with E-state index in [2.05, 4.69) is 37.3 Å². The van der Waals surface area contributed by atoms with Gasteiger partial charge in [0.15, 0.2) is 0 Å². The molecule has 0 radical (unpaired) electrons. The molecule has 1 aliphatic heterocycles. The van der Waals surface area contributed by atoms with Gasteiger partial charge in [-0.05, 0) is 38.7 Å². The fourth-order valence-corrected chi connectivity index (χ4v) is 3.21. The van der Waals surface area contributed by atoms with Crippen LogP contribution in [0, 0.1) is 5.92 Å². The Bertz CT molecular complexity index is 715. The number of nitrogens with one attached hydrogen (secondary N) is 2. The van der Waals surface area contributed by atoms with Crippen molar-refractivity contribution in [3.05, 3.63) is 28.6 Å². The standard InChI is InChI=1S/C16H25N7O/c1-3-17-13-5-8-18-15(19-13)22-9-6-12(7-10-22)11-14-20-21-16(24)23(14)4-2/h5,8,12H,3-4,6-7,9-11H2,1-2H3,(H,21,24)(H,17,18,19). The summed E-state index contributed by atoms with van der Waals surface area (Å²) in [6, 6.07) is 1.89. The van der Waals surface area contributed by atoms with Crippen LogP contribution < -0.4 is 15.9 Å². The number of piperidine rings is 1. The first kappa shape index (κ1) is 16.5. The fourth-order valence-electron chi connectivity index (χ4n) is 3.21. The monoisotopic (exact) mass is 331 g/mol. The van der Waals surface area contributed by atoms with Crippen LogP contribution >= 0.6 is 0 Å². The van der Waals surface area contributed by atoms with Crippen molar-refractivity contribution in [3.63, 3.8) is 0 Å². The Kier molecular flexibility index (Phi) is 5.12. The van der Waals surface area contributed by atoms with Gasteiger partial charge in [-0.3, -0.25) is 4.57 Å². The van der Waals surface area contributed by atoms with E-state index >= 15 is 0 Å². The number of H-pyrrole nitrogens is 1. The van der Waals surface area contributed by atoms with E-state index in [1.54, 1.807) is 10.8 Å².